The lowest BCUT2D eigenvalue weighted by Gasteiger charge is -2.22. The molecule has 2 heterocycles. The molecule has 0 unspecified atom stereocenters. The van der Waals surface area contributed by atoms with E-state index in [1.807, 2.05) is 25.0 Å². The fourth-order valence-corrected chi connectivity index (χ4v) is 5.82. The maximum atomic E-state index is 11.6. The molecule has 1 radical (unpaired) electrons. The Kier molecular flexibility index (Phi) is 22.9. The number of nitrogens with two attached hydrogens (primary N) is 1. The van der Waals surface area contributed by atoms with Gasteiger partial charge in [0, 0.05) is 43.9 Å². The van der Waals surface area contributed by atoms with E-state index in [1.165, 1.54) is 105 Å². The van der Waals surface area contributed by atoms with Crippen LogP contribution in [0, 0.1) is 18.3 Å². The first-order chi connectivity index (χ1) is 23.5. The number of benzene rings is 1. The minimum absolute atomic E-state index is 0.139. The van der Waals surface area contributed by atoms with Crippen LogP contribution in [0.4, 0.5) is 0 Å². The zero-order chi connectivity index (χ0) is 36.5. The van der Waals surface area contributed by atoms with Crippen LogP contribution in [0.3, 0.4) is 0 Å². The Bertz CT molecular complexity index is 1200. The van der Waals surface area contributed by atoms with Gasteiger partial charge in [0.1, 0.15) is 0 Å². The van der Waals surface area contributed by atoms with Gasteiger partial charge < -0.3 is 21.1 Å². The smallest absolute Gasteiger partial charge is 0.303 e. The minimum atomic E-state index is -0.664. The van der Waals surface area contributed by atoms with Crippen LogP contribution >= 0.6 is 0 Å². The predicted molar refractivity (Wildman–Crippen MR) is 209 cm³/mol. The van der Waals surface area contributed by atoms with Crippen molar-refractivity contribution in [3.63, 3.8) is 0 Å². The first kappa shape index (κ1) is 43.7. The molecular formula is C41H66BN4O3. The number of amides is 1. The molecular weight excluding hydrogens is 607 g/mol. The number of nitrogens with zero attached hydrogens (tertiary/aromatic N) is 2. The number of allylic oxidation sites excluding steroid dienone is 3. The van der Waals surface area contributed by atoms with Gasteiger partial charge >= 0.3 is 5.97 Å². The van der Waals surface area contributed by atoms with E-state index in [2.05, 4.69) is 75.5 Å². The number of carbonyl (C=O) groups is 2. The van der Waals surface area contributed by atoms with Crippen molar-refractivity contribution in [3.05, 3.63) is 52.4 Å². The third kappa shape index (κ3) is 21.4. The lowest BCUT2D eigenvalue weighted by molar-refractivity contribution is -0.137. The number of hydrogen-bond acceptors (Lipinski definition) is 5. The van der Waals surface area contributed by atoms with Crippen LogP contribution in [-0.2, 0) is 16.1 Å². The van der Waals surface area contributed by atoms with Crippen molar-refractivity contribution in [2.24, 2.45) is 16.1 Å². The molecule has 1 amide bonds. The highest BCUT2D eigenvalue weighted by atomic mass is 16.4. The van der Waals surface area contributed by atoms with E-state index in [0.29, 0.717) is 18.7 Å². The molecule has 0 atom stereocenters. The number of carbonyl (C=O) groups excluding carboxylic acids is 1. The SMILES string of the molecule is C#C.CC(C)(C)CC(=O)N1CCCC1.CNCc1ccc(C2=C(C)N=C[B]2)cc1.NC(CCCCCCCCCCCCC(=O)O)=C1CC1. The summed E-state index contributed by atoms with van der Waals surface area (Å²) in [6, 6.07) is 8.60. The highest BCUT2D eigenvalue weighted by molar-refractivity contribution is 6.85. The number of likely N-dealkylation sites (tertiary alicyclic amines) is 1. The molecule has 49 heavy (non-hydrogen) atoms. The molecule has 1 aromatic carbocycles. The van der Waals surface area contributed by atoms with Gasteiger partial charge in [-0.15, -0.1) is 12.8 Å². The number of carboxylic acids is 1. The molecule has 0 bridgehead atoms. The van der Waals surface area contributed by atoms with Gasteiger partial charge in [0.25, 0.3) is 0 Å². The molecule has 2 aliphatic heterocycles. The summed E-state index contributed by atoms with van der Waals surface area (Å²) in [6.07, 6.45) is 29.1. The summed E-state index contributed by atoms with van der Waals surface area (Å²) in [7, 11) is 4.02. The fraction of sp³-hybridized carbons (Fsp3) is 0.634. The average molecular weight is 674 g/mol. The number of terminal acetylenes is 1. The van der Waals surface area contributed by atoms with Gasteiger partial charge in [-0.25, -0.2) is 0 Å². The molecule has 271 valence electrons. The number of aliphatic carboxylic acids is 1. The first-order valence-corrected chi connectivity index (χ1v) is 18.6. The molecule has 8 heteroatoms. The summed E-state index contributed by atoms with van der Waals surface area (Å²) >= 11 is 0. The molecule has 4 N–H and O–H groups in total. The number of carboxylic acid groups (broad SMARTS) is 1. The van der Waals surface area contributed by atoms with E-state index in [4.69, 9.17) is 10.8 Å². The largest absolute Gasteiger partial charge is 0.481 e. The summed E-state index contributed by atoms with van der Waals surface area (Å²) in [5.41, 5.74) is 13.6. The Morgan fingerprint density at radius 2 is 1.41 bits per heavy atom. The van der Waals surface area contributed by atoms with Crippen LogP contribution in [0.5, 0.6) is 0 Å². The molecule has 1 saturated carbocycles. The van der Waals surface area contributed by atoms with Crippen LogP contribution in [0.2, 0.25) is 0 Å². The van der Waals surface area contributed by atoms with Gasteiger partial charge in [0.15, 0.2) is 0 Å². The Hall–Kier alpha value is -3.31. The van der Waals surface area contributed by atoms with Crippen molar-refractivity contribution < 1.29 is 14.7 Å². The van der Waals surface area contributed by atoms with E-state index in [-0.39, 0.29) is 5.41 Å². The zero-order valence-corrected chi connectivity index (χ0v) is 31.5. The fourth-order valence-electron chi connectivity index (χ4n) is 5.82. The van der Waals surface area contributed by atoms with Crippen LogP contribution < -0.4 is 11.1 Å². The molecule has 7 nitrogen and oxygen atoms in total. The first-order valence-electron chi connectivity index (χ1n) is 18.6. The zero-order valence-electron chi connectivity index (χ0n) is 31.5. The van der Waals surface area contributed by atoms with E-state index >= 15 is 0 Å². The molecule has 4 rings (SSSR count). The van der Waals surface area contributed by atoms with Gasteiger partial charge in [-0.05, 0) is 81.6 Å². The van der Waals surface area contributed by atoms with Gasteiger partial charge in [-0.2, -0.15) is 0 Å². The van der Waals surface area contributed by atoms with Gasteiger partial charge in [-0.3, -0.25) is 14.6 Å². The van der Waals surface area contributed by atoms with Crippen molar-refractivity contribution in [2.45, 2.75) is 143 Å². The summed E-state index contributed by atoms with van der Waals surface area (Å²) in [5, 5.41) is 11.7. The van der Waals surface area contributed by atoms with E-state index in [1.54, 1.807) is 0 Å². The molecule has 1 aromatic rings. The Morgan fingerprint density at radius 1 is 0.898 bits per heavy atom. The van der Waals surface area contributed by atoms with Crippen molar-refractivity contribution in [2.75, 3.05) is 20.1 Å². The molecule has 1 saturated heterocycles. The number of rotatable bonds is 17. The van der Waals surface area contributed by atoms with Gasteiger partial charge in [0.2, 0.25) is 13.2 Å². The Labute approximate surface area is 299 Å². The third-order valence-corrected chi connectivity index (χ3v) is 8.73. The number of unbranched alkanes of at least 4 members (excludes halogenated alkanes) is 9. The second kappa shape index (κ2) is 25.6. The summed E-state index contributed by atoms with van der Waals surface area (Å²) < 4.78 is 0. The van der Waals surface area contributed by atoms with Crippen molar-refractivity contribution in [1.82, 2.24) is 10.2 Å². The Morgan fingerprint density at radius 3 is 1.84 bits per heavy atom. The van der Waals surface area contributed by atoms with Crippen molar-refractivity contribution >= 4 is 30.7 Å². The van der Waals surface area contributed by atoms with Crippen molar-refractivity contribution in [1.29, 1.82) is 0 Å². The highest BCUT2D eigenvalue weighted by Gasteiger charge is 2.23. The number of nitrogens with one attached hydrogen (secondary N) is 1. The summed E-state index contributed by atoms with van der Waals surface area (Å²) in [6.45, 7) is 11.3. The topological polar surface area (TPSA) is 108 Å². The van der Waals surface area contributed by atoms with Crippen LogP contribution in [0.15, 0.2) is 46.2 Å². The maximum absolute atomic E-state index is 11.6. The normalized spacial score (nSPS) is 14.5. The molecule has 0 aromatic heterocycles. The molecule has 1 aliphatic carbocycles. The standard InChI is InChI=1S/C17H31NO2.C12H14BN2.C10H19NO.C2H2/c18-16(15-13-14-15)11-9-7-5-3-1-2-4-6-8-10-12-17(19)20;1-9-12(13-8-15-9)11-5-3-10(4-6-11)7-14-2;1-10(2,3)8-9(12)11-6-4-5-7-11;1-2/h1-14,18H2,(H,19,20);3-6,8,14H,7H2,1-2H3;4-8H2,1-3H3;1-2H. The van der Waals surface area contributed by atoms with E-state index in [9.17, 15) is 9.59 Å². The van der Waals surface area contributed by atoms with Crippen LogP contribution in [0.25, 0.3) is 5.47 Å². The molecule has 0 spiro atoms. The van der Waals surface area contributed by atoms with Gasteiger partial charge in [0.05, 0.1) is 0 Å². The summed E-state index contributed by atoms with van der Waals surface area (Å²) in [5.74, 6) is -0.331. The van der Waals surface area contributed by atoms with Gasteiger partial charge in [-0.1, -0.05) is 107 Å². The summed E-state index contributed by atoms with van der Waals surface area (Å²) in [4.78, 5) is 28.1. The molecule has 2 fully saturated rings. The quantitative estimate of drug-likeness (QED) is 0.0870. The van der Waals surface area contributed by atoms with E-state index in [0.717, 1.165) is 44.6 Å². The maximum Gasteiger partial charge on any atom is 0.303 e. The second-order valence-corrected chi connectivity index (χ2v) is 14.6. The lowest BCUT2D eigenvalue weighted by atomic mass is 9.69. The number of hydrogen-bond donors (Lipinski definition) is 3. The predicted octanol–water partition coefficient (Wildman–Crippen LogP) is 8.89. The number of aliphatic imine (C=N–C) groups is 1. The minimum Gasteiger partial charge on any atom is -0.481 e. The van der Waals surface area contributed by atoms with Crippen molar-refractivity contribution in [3.8, 4) is 12.8 Å². The highest BCUT2D eigenvalue weighted by Crippen LogP contribution is 2.31. The third-order valence-electron chi connectivity index (χ3n) is 8.73. The second-order valence-electron chi connectivity index (χ2n) is 14.6. The Balaban J connectivity index is 0.000000369. The lowest BCUT2D eigenvalue weighted by Crippen LogP contribution is -2.30. The monoisotopic (exact) mass is 674 g/mol. The van der Waals surface area contributed by atoms with E-state index < -0.39 is 5.97 Å². The van der Waals surface area contributed by atoms with Crippen LogP contribution in [0.1, 0.15) is 148 Å². The molecule has 3 aliphatic rings. The average Bonchev–Trinajstić information content (AvgIpc) is 3.59. The van der Waals surface area contributed by atoms with Crippen LogP contribution in [-0.4, -0.2) is 55.4 Å².